The van der Waals surface area contributed by atoms with Gasteiger partial charge in [-0.05, 0) is 19.4 Å². The summed E-state index contributed by atoms with van der Waals surface area (Å²) in [6.45, 7) is 3.47. The van der Waals surface area contributed by atoms with Crippen LogP contribution in [0.5, 0.6) is 0 Å². The molecule has 0 atom stereocenters. The van der Waals surface area contributed by atoms with E-state index in [-0.39, 0.29) is 5.69 Å². The van der Waals surface area contributed by atoms with Gasteiger partial charge in [0, 0.05) is 5.56 Å². The van der Waals surface area contributed by atoms with Gasteiger partial charge in [0.15, 0.2) is 11.3 Å². The van der Waals surface area contributed by atoms with Crippen molar-refractivity contribution in [1.29, 1.82) is 0 Å². The highest BCUT2D eigenvalue weighted by Gasteiger charge is 2.15. The highest BCUT2D eigenvalue weighted by Crippen LogP contribution is 2.23. The third kappa shape index (κ3) is 2.21. The summed E-state index contributed by atoms with van der Waals surface area (Å²) < 4.78 is 0. The molecule has 2 heterocycles. The second kappa shape index (κ2) is 4.28. The van der Waals surface area contributed by atoms with Crippen molar-refractivity contribution >= 4 is 11.3 Å². The summed E-state index contributed by atoms with van der Waals surface area (Å²) in [5, 5.41) is 9.92. The molecular formula is C14H14N4O2. The van der Waals surface area contributed by atoms with E-state index in [1.165, 1.54) is 0 Å². The zero-order chi connectivity index (χ0) is 14.3. The molecule has 6 nitrogen and oxygen atoms in total. The Kier molecular flexibility index (Phi) is 2.69. The lowest BCUT2D eigenvalue weighted by Crippen LogP contribution is -2.14. The van der Waals surface area contributed by atoms with Crippen LogP contribution in [0.3, 0.4) is 0 Å². The Morgan fingerprint density at radius 3 is 2.40 bits per heavy atom. The zero-order valence-corrected chi connectivity index (χ0v) is 11.1. The number of nitrogens with zero attached hydrogens (tertiary/aromatic N) is 2. The maximum atomic E-state index is 11.2. The predicted octanol–water partition coefficient (Wildman–Crippen LogP) is 1.54. The Hall–Kier alpha value is -2.47. The Morgan fingerprint density at radius 1 is 1.10 bits per heavy atom. The molecule has 102 valence electrons. The monoisotopic (exact) mass is 270 g/mol. The quantitative estimate of drug-likeness (QED) is 0.658. The van der Waals surface area contributed by atoms with Crippen molar-refractivity contribution in [2.75, 3.05) is 0 Å². The van der Waals surface area contributed by atoms with Gasteiger partial charge in [-0.1, -0.05) is 24.3 Å². The lowest BCUT2D eigenvalue weighted by molar-refractivity contribution is 0.0786. The largest absolute Gasteiger partial charge is 0.386 e. The molecule has 3 rings (SSSR count). The van der Waals surface area contributed by atoms with Gasteiger partial charge in [-0.3, -0.25) is 9.97 Å². The lowest BCUT2D eigenvalue weighted by atomic mass is 9.97. The number of hydrogen-bond donors (Lipinski definition) is 3. The number of fused-ring (bicyclic) bond motifs is 1. The van der Waals surface area contributed by atoms with Crippen LogP contribution >= 0.6 is 0 Å². The van der Waals surface area contributed by atoms with Crippen molar-refractivity contribution in [2.45, 2.75) is 19.4 Å². The Morgan fingerprint density at radius 2 is 1.75 bits per heavy atom. The number of benzene rings is 1. The molecule has 0 aliphatic carbocycles. The van der Waals surface area contributed by atoms with Gasteiger partial charge < -0.3 is 5.11 Å². The summed E-state index contributed by atoms with van der Waals surface area (Å²) in [6.07, 6.45) is 1.60. The van der Waals surface area contributed by atoms with E-state index in [1.54, 1.807) is 20.0 Å². The summed E-state index contributed by atoms with van der Waals surface area (Å²) in [7, 11) is 0. The van der Waals surface area contributed by atoms with Gasteiger partial charge in [-0.25, -0.2) is 14.8 Å². The average molecular weight is 270 g/mol. The van der Waals surface area contributed by atoms with E-state index in [1.807, 2.05) is 24.3 Å². The molecule has 0 aliphatic heterocycles. The second-order valence-corrected chi connectivity index (χ2v) is 5.17. The van der Waals surface area contributed by atoms with Gasteiger partial charge in [0.25, 0.3) is 0 Å². The van der Waals surface area contributed by atoms with E-state index in [4.69, 9.17) is 0 Å². The maximum Gasteiger partial charge on any atom is 0.326 e. The number of aliphatic hydroxyl groups is 1. The van der Waals surface area contributed by atoms with Crippen LogP contribution in [0.4, 0.5) is 0 Å². The first-order chi connectivity index (χ1) is 9.43. The van der Waals surface area contributed by atoms with Gasteiger partial charge >= 0.3 is 5.69 Å². The first-order valence-electron chi connectivity index (χ1n) is 6.22. The van der Waals surface area contributed by atoms with E-state index in [9.17, 15) is 9.90 Å². The second-order valence-electron chi connectivity index (χ2n) is 5.17. The van der Waals surface area contributed by atoms with Gasteiger partial charge in [-0.2, -0.15) is 0 Å². The minimum Gasteiger partial charge on any atom is -0.386 e. The Bertz CT molecular complexity index is 810. The van der Waals surface area contributed by atoms with E-state index < -0.39 is 5.60 Å². The molecule has 0 fully saturated rings. The topological polar surface area (TPSA) is 94.7 Å². The molecule has 0 spiro atoms. The van der Waals surface area contributed by atoms with E-state index in [0.29, 0.717) is 17.0 Å². The van der Waals surface area contributed by atoms with Gasteiger partial charge in [0.1, 0.15) is 0 Å². The molecule has 2 aromatic heterocycles. The van der Waals surface area contributed by atoms with E-state index in [2.05, 4.69) is 19.9 Å². The maximum absolute atomic E-state index is 11.2. The molecule has 3 aromatic rings. The molecule has 0 amide bonds. The smallest absolute Gasteiger partial charge is 0.326 e. The molecule has 0 saturated carbocycles. The molecule has 0 aliphatic rings. The van der Waals surface area contributed by atoms with Crippen molar-refractivity contribution in [1.82, 2.24) is 19.9 Å². The summed E-state index contributed by atoms with van der Waals surface area (Å²) in [4.78, 5) is 24.8. The Balaban J connectivity index is 2.04. The number of nitrogens with one attached hydrogen (secondary N) is 2. The molecule has 0 saturated heterocycles. The number of rotatable bonds is 2. The molecule has 1 aromatic carbocycles. The fraction of sp³-hybridized carbons (Fsp3) is 0.214. The van der Waals surface area contributed by atoms with E-state index >= 15 is 0 Å². The number of H-pyrrole nitrogens is 2. The normalized spacial score (nSPS) is 11.9. The molecule has 6 heteroatoms. The Labute approximate surface area is 114 Å². The van der Waals surface area contributed by atoms with Crippen LogP contribution in [0.25, 0.3) is 22.6 Å². The average Bonchev–Trinajstić information content (AvgIpc) is 2.77. The van der Waals surface area contributed by atoms with Crippen LogP contribution in [-0.4, -0.2) is 25.0 Å². The minimum atomic E-state index is -0.875. The summed E-state index contributed by atoms with van der Waals surface area (Å²) >= 11 is 0. The highest BCUT2D eigenvalue weighted by atomic mass is 16.3. The lowest BCUT2D eigenvalue weighted by Gasteiger charge is -2.17. The van der Waals surface area contributed by atoms with Crippen molar-refractivity contribution < 1.29 is 5.11 Å². The van der Waals surface area contributed by atoms with Crippen LogP contribution in [0.2, 0.25) is 0 Å². The fourth-order valence-electron chi connectivity index (χ4n) is 2.00. The summed E-state index contributed by atoms with van der Waals surface area (Å²) in [6, 6.07) is 7.43. The van der Waals surface area contributed by atoms with Crippen molar-refractivity contribution in [3.8, 4) is 11.3 Å². The summed E-state index contributed by atoms with van der Waals surface area (Å²) in [5.74, 6) is 0. The van der Waals surface area contributed by atoms with E-state index in [0.717, 1.165) is 11.1 Å². The highest BCUT2D eigenvalue weighted by molar-refractivity contribution is 5.70. The summed E-state index contributed by atoms with van der Waals surface area (Å²) in [5.41, 5.74) is 2.02. The minimum absolute atomic E-state index is 0.325. The zero-order valence-electron chi connectivity index (χ0n) is 11.1. The van der Waals surface area contributed by atoms with Gasteiger partial charge in [0.2, 0.25) is 0 Å². The number of hydrogen-bond acceptors (Lipinski definition) is 4. The first kappa shape index (κ1) is 12.6. The molecular weight excluding hydrogens is 256 g/mol. The number of imidazole rings is 1. The van der Waals surface area contributed by atoms with Crippen LogP contribution in [-0.2, 0) is 5.60 Å². The number of aromatic amines is 2. The van der Waals surface area contributed by atoms with Crippen LogP contribution < -0.4 is 5.69 Å². The standard InChI is InChI=1S/C14H14N4O2/c1-14(2,20)9-5-3-8(4-6-9)10-7-15-11-12(16-10)18-13(19)17-11/h3-7,20H,1-2H3,(H2,15,16,17,18,19). The van der Waals surface area contributed by atoms with Crippen molar-refractivity contribution in [3.63, 3.8) is 0 Å². The van der Waals surface area contributed by atoms with Gasteiger partial charge in [-0.15, -0.1) is 0 Å². The fourth-order valence-corrected chi connectivity index (χ4v) is 2.00. The molecule has 0 unspecified atom stereocenters. The predicted molar refractivity (Wildman–Crippen MR) is 75.2 cm³/mol. The van der Waals surface area contributed by atoms with Crippen LogP contribution in [0, 0.1) is 0 Å². The molecule has 3 N–H and O–H groups in total. The van der Waals surface area contributed by atoms with Crippen LogP contribution in [0.15, 0.2) is 35.3 Å². The number of aromatic nitrogens is 4. The van der Waals surface area contributed by atoms with Crippen molar-refractivity contribution in [3.05, 3.63) is 46.5 Å². The third-order valence-electron chi connectivity index (χ3n) is 3.12. The SMILES string of the molecule is CC(C)(O)c1ccc(-c2cnc3[nH]c(=O)[nH]c3n2)cc1. The molecule has 20 heavy (non-hydrogen) atoms. The van der Waals surface area contributed by atoms with Crippen molar-refractivity contribution in [2.24, 2.45) is 0 Å². The van der Waals surface area contributed by atoms with Gasteiger partial charge in [0.05, 0.1) is 17.5 Å². The third-order valence-corrected chi connectivity index (χ3v) is 3.12. The van der Waals surface area contributed by atoms with Crippen LogP contribution in [0.1, 0.15) is 19.4 Å². The molecule has 0 bridgehead atoms. The molecule has 0 radical (unpaired) electrons. The first-order valence-corrected chi connectivity index (χ1v) is 6.22.